The Morgan fingerprint density at radius 2 is 1.86 bits per heavy atom. The summed E-state index contributed by atoms with van der Waals surface area (Å²) in [6.45, 7) is 0. The number of methoxy groups -OCH3 is 1. The van der Waals surface area contributed by atoms with E-state index >= 15 is 0 Å². The van der Waals surface area contributed by atoms with Crippen LogP contribution in [-0.4, -0.2) is 19.1 Å². The van der Waals surface area contributed by atoms with Gasteiger partial charge >= 0.3 is 5.97 Å². The van der Waals surface area contributed by atoms with Crippen LogP contribution in [-0.2, 0) is 9.53 Å². The number of rotatable bonds is 1. The molecule has 2 unspecified atom stereocenters. The highest BCUT2D eigenvalue weighted by molar-refractivity contribution is 5.72. The number of hydrogen-bond acceptors (Lipinski definition) is 3. The van der Waals surface area contributed by atoms with Gasteiger partial charge in [0.15, 0.2) is 0 Å². The first-order chi connectivity index (χ1) is 6.74. The van der Waals surface area contributed by atoms with E-state index in [0.717, 1.165) is 32.1 Å². The fraction of sp³-hybridized carbons (Fsp3) is 0.909. The standard InChI is InChI=1S/C11H21NO2/c1-14-11(13)9-5-3-2-4-6-10(12)8-7-9/h9-10H,2-8,12H2,1H3. The van der Waals surface area contributed by atoms with Crippen molar-refractivity contribution in [3.8, 4) is 0 Å². The molecule has 0 aromatic carbocycles. The van der Waals surface area contributed by atoms with Crippen LogP contribution in [0.15, 0.2) is 0 Å². The third kappa shape index (κ3) is 3.66. The normalized spacial score (nSPS) is 29.9. The molecule has 2 atom stereocenters. The van der Waals surface area contributed by atoms with E-state index in [-0.39, 0.29) is 17.9 Å². The summed E-state index contributed by atoms with van der Waals surface area (Å²) >= 11 is 0. The van der Waals surface area contributed by atoms with Crippen LogP contribution >= 0.6 is 0 Å². The SMILES string of the molecule is COC(=O)C1CCCCCC(N)CC1. The van der Waals surface area contributed by atoms with E-state index in [9.17, 15) is 4.79 Å². The van der Waals surface area contributed by atoms with Crippen molar-refractivity contribution in [1.29, 1.82) is 0 Å². The van der Waals surface area contributed by atoms with Crippen molar-refractivity contribution in [3.05, 3.63) is 0 Å². The maximum Gasteiger partial charge on any atom is 0.308 e. The van der Waals surface area contributed by atoms with Gasteiger partial charge in [-0.2, -0.15) is 0 Å². The van der Waals surface area contributed by atoms with Crippen LogP contribution in [0.1, 0.15) is 44.9 Å². The lowest BCUT2D eigenvalue weighted by Gasteiger charge is -2.14. The van der Waals surface area contributed by atoms with Crippen molar-refractivity contribution in [2.75, 3.05) is 7.11 Å². The molecule has 1 fully saturated rings. The van der Waals surface area contributed by atoms with Crippen LogP contribution in [0.3, 0.4) is 0 Å². The Labute approximate surface area is 86.0 Å². The molecule has 0 aliphatic heterocycles. The van der Waals surface area contributed by atoms with Crippen molar-refractivity contribution in [2.24, 2.45) is 11.7 Å². The van der Waals surface area contributed by atoms with Crippen molar-refractivity contribution >= 4 is 5.97 Å². The van der Waals surface area contributed by atoms with Crippen LogP contribution in [0.25, 0.3) is 0 Å². The van der Waals surface area contributed by atoms with Crippen molar-refractivity contribution in [1.82, 2.24) is 0 Å². The van der Waals surface area contributed by atoms with Gasteiger partial charge in [-0.1, -0.05) is 19.3 Å². The first kappa shape index (κ1) is 11.5. The largest absolute Gasteiger partial charge is 0.469 e. The Hall–Kier alpha value is -0.570. The van der Waals surface area contributed by atoms with Crippen LogP contribution in [0.2, 0.25) is 0 Å². The molecule has 14 heavy (non-hydrogen) atoms. The van der Waals surface area contributed by atoms with Gasteiger partial charge in [0.2, 0.25) is 0 Å². The van der Waals surface area contributed by atoms with Gasteiger partial charge in [-0.05, 0) is 25.7 Å². The first-order valence-electron chi connectivity index (χ1n) is 5.57. The molecule has 1 saturated carbocycles. The smallest absolute Gasteiger partial charge is 0.308 e. The van der Waals surface area contributed by atoms with Crippen molar-refractivity contribution < 1.29 is 9.53 Å². The van der Waals surface area contributed by atoms with E-state index in [4.69, 9.17) is 10.5 Å². The minimum Gasteiger partial charge on any atom is -0.469 e. The predicted octanol–water partition coefficient (Wildman–Crippen LogP) is 1.85. The molecular weight excluding hydrogens is 178 g/mol. The molecule has 0 aromatic rings. The lowest BCUT2D eigenvalue weighted by molar-refractivity contribution is -0.146. The number of nitrogens with two attached hydrogens (primary N) is 1. The lowest BCUT2D eigenvalue weighted by atomic mass is 9.96. The highest BCUT2D eigenvalue weighted by Crippen LogP contribution is 2.22. The van der Waals surface area contributed by atoms with Crippen LogP contribution in [0.4, 0.5) is 0 Å². The number of carbonyl (C=O) groups is 1. The second kappa shape index (κ2) is 6.02. The zero-order valence-electron chi connectivity index (χ0n) is 9.00. The molecule has 0 aromatic heterocycles. The summed E-state index contributed by atoms with van der Waals surface area (Å²) in [5.41, 5.74) is 5.93. The van der Waals surface area contributed by atoms with E-state index in [1.54, 1.807) is 0 Å². The summed E-state index contributed by atoms with van der Waals surface area (Å²) in [4.78, 5) is 11.4. The van der Waals surface area contributed by atoms with E-state index in [1.807, 2.05) is 0 Å². The van der Waals surface area contributed by atoms with Gasteiger partial charge in [-0.3, -0.25) is 4.79 Å². The van der Waals surface area contributed by atoms with Gasteiger partial charge in [0.05, 0.1) is 13.0 Å². The summed E-state index contributed by atoms with van der Waals surface area (Å²) in [5, 5.41) is 0. The van der Waals surface area contributed by atoms with Gasteiger partial charge in [0.25, 0.3) is 0 Å². The summed E-state index contributed by atoms with van der Waals surface area (Å²) in [5.74, 6) is 0.0308. The van der Waals surface area contributed by atoms with Gasteiger partial charge in [-0.25, -0.2) is 0 Å². The topological polar surface area (TPSA) is 52.3 Å². The van der Waals surface area contributed by atoms with Gasteiger partial charge in [0, 0.05) is 6.04 Å². The Bertz CT molecular complexity index is 182. The zero-order valence-corrected chi connectivity index (χ0v) is 9.00. The maximum atomic E-state index is 11.4. The van der Waals surface area contributed by atoms with Gasteiger partial charge in [-0.15, -0.1) is 0 Å². The molecule has 0 heterocycles. The molecule has 2 N–H and O–H groups in total. The van der Waals surface area contributed by atoms with Crippen LogP contribution < -0.4 is 5.73 Å². The average molecular weight is 199 g/mol. The molecule has 1 aliphatic rings. The van der Waals surface area contributed by atoms with Crippen LogP contribution in [0, 0.1) is 5.92 Å². The van der Waals surface area contributed by atoms with Gasteiger partial charge in [0.1, 0.15) is 0 Å². The highest BCUT2D eigenvalue weighted by atomic mass is 16.5. The second-order valence-corrected chi connectivity index (χ2v) is 4.20. The molecule has 1 aliphatic carbocycles. The molecule has 0 amide bonds. The molecular formula is C11H21NO2. The lowest BCUT2D eigenvalue weighted by Crippen LogP contribution is -2.22. The fourth-order valence-electron chi connectivity index (χ4n) is 2.08. The molecule has 0 radical (unpaired) electrons. The molecule has 3 heteroatoms. The predicted molar refractivity (Wildman–Crippen MR) is 55.8 cm³/mol. The maximum absolute atomic E-state index is 11.4. The molecule has 1 rings (SSSR count). The molecule has 0 spiro atoms. The Balaban J connectivity index is 2.44. The summed E-state index contributed by atoms with van der Waals surface area (Å²) in [6, 6.07) is 0.278. The molecule has 0 saturated heterocycles. The zero-order chi connectivity index (χ0) is 10.4. The fourth-order valence-corrected chi connectivity index (χ4v) is 2.08. The minimum absolute atomic E-state index is 0.0564. The van der Waals surface area contributed by atoms with Crippen molar-refractivity contribution in [2.45, 2.75) is 51.0 Å². The first-order valence-corrected chi connectivity index (χ1v) is 5.57. The molecule has 3 nitrogen and oxygen atoms in total. The Morgan fingerprint density at radius 3 is 2.57 bits per heavy atom. The van der Waals surface area contributed by atoms with Crippen molar-refractivity contribution in [3.63, 3.8) is 0 Å². The van der Waals surface area contributed by atoms with E-state index in [0.29, 0.717) is 0 Å². The number of esters is 1. The van der Waals surface area contributed by atoms with Crippen LogP contribution in [0.5, 0.6) is 0 Å². The third-order valence-electron chi connectivity index (χ3n) is 3.05. The van der Waals surface area contributed by atoms with Gasteiger partial charge < -0.3 is 10.5 Å². The van der Waals surface area contributed by atoms with E-state index in [1.165, 1.54) is 20.0 Å². The minimum atomic E-state index is -0.0564. The third-order valence-corrected chi connectivity index (χ3v) is 3.05. The highest BCUT2D eigenvalue weighted by Gasteiger charge is 2.20. The Morgan fingerprint density at radius 1 is 1.14 bits per heavy atom. The monoisotopic (exact) mass is 199 g/mol. The number of hydrogen-bond donors (Lipinski definition) is 1. The number of ether oxygens (including phenoxy) is 1. The Kier molecular flexibility index (Phi) is 4.94. The van der Waals surface area contributed by atoms with E-state index < -0.39 is 0 Å². The summed E-state index contributed by atoms with van der Waals surface area (Å²) in [6.07, 6.45) is 7.46. The quantitative estimate of drug-likeness (QED) is 0.656. The summed E-state index contributed by atoms with van der Waals surface area (Å²) < 4.78 is 4.78. The van der Waals surface area contributed by atoms with E-state index in [2.05, 4.69) is 0 Å². The number of carbonyl (C=O) groups excluding carboxylic acids is 1. The average Bonchev–Trinajstić information content (AvgIpc) is 2.29. The summed E-state index contributed by atoms with van der Waals surface area (Å²) in [7, 11) is 1.47. The second-order valence-electron chi connectivity index (χ2n) is 4.20. The molecule has 82 valence electrons. The molecule has 0 bridgehead atoms.